The molecule has 0 saturated carbocycles. The van der Waals surface area contributed by atoms with Crippen LogP contribution in [-0.2, 0) is 4.79 Å². The van der Waals surface area contributed by atoms with Crippen LogP contribution in [0.25, 0.3) is 0 Å². The van der Waals surface area contributed by atoms with Crippen molar-refractivity contribution < 1.29 is 14.6 Å². The fraction of sp³-hybridized carbons (Fsp3) is 0.222. The molecule has 2 N–H and O–H groups in total. The van der Waals surface area contributed by atoms with E-state index >= 15 is 0 Å². The van der Waals surface area contributed by atoms with Crippen molar-refractivity contribution in [3.05, 3.63) is 23.2 Å². The van der Waals surface area contributed by atoms with Crippen LogP contribution in [0.15, 0.2) is 18.2 Å². The third-order valence-corrected chi connectivity index (χ3v) is 1.83. The van der Waals surface area contributed by atoms with Crippen LogP contribution in [0.5, 0.6) is 5.75 Å². The van der Waals surface area contributed by atoms with Gasteiger partial charge in [-0.05, 0) is 12.1 Å². The number of rotatable bonds is 4. The lowest BCUT2D eigenvalue weighted by Gasteiger charge is -2.09. The number of carboxylic acids is 1. The van der Waals surface area contributed by atoms with Crippen molar-refractivity contribution in [2.24, 2.45) is 0 Å². The second kappa shape index (κ2) is 4.72. The molecular formula is C9H10ClNO3. The fourth-order valence-corrected chi connectivity index (χ4v) is 1.14. The van der Waals surface area contributed by atoms with Crippen molar-refractivity contribution in [3.8, 4) is 5.75 Å². The van der Waals surface area contributed by atoms with E-state index in [0.29, 0.717) is 16.5 Å². The number of carboxylic acid groups (broad SMARTS) is 1. The molecule has 0 saturated heterocycles. The van der Waals surface area contributed by atoms with Crippen molar-refractivity contribution in [3.63, 3.8) is 0 Å². The summed E-state index contributed by atoms with van der Waals surface area (Å²) in [6.07, 6.45) is 0. The molecule has 1 aromatic rings. The molecule has 14 heavy (non-hydrogen) atoms. The van der Waals surface area contributed by atoms with Gasteiger partial charge in [0.1, 0.15) is 12.3 Å². The zero-order valence-corrected chi connectivity index (χ0v) is 8.34. The van der Waals surface area contributed by atoms with E-state index in [0.717, 1.165) is 0 Å². The van der Waals surface area contributed by atoms with Crippen LogP contribution < -0.4 is 10.1 Å². The number of carbonyl (C=O) groups is 1. The number of benzene rings is 1. The summed E-state index contributed by atoms with van der Waals surface area (Å²) < 4.78 is 5.02. The van der Waals surface area contributed by atoms with Crippen LogP contribution in [0, 0.1) is 0 Å². The molecule has 0 spiro atoms. The minimum absolute atomic E-state index is 0.155. The molecule has 0 bridgehead atoms. The molecule has 0 atom stereocenters. The Bertz CT molecular complexity index is 341. The van der Waals surface area contributed by atoms with Crippen LogP contribution in [0.1, 0.15) is 0 Å². The number of anilines is 1. The van der Waals surface area contributed by atoms with Gasteiger partial charge in [-0.15, -0.1) is 0 Å². The van der Waals surface area contributed by atoms with Crippen LogP contribution in [0.2, 0.25) is 5.02 Å². The first kappa shape index (κ1) is 10.7. The Kier molecular flexibility index (Phi) is 3.59. The summed E-state index contributed by atoms with van der Waals surface area (Å²) in [5.74, 6) is -0.402. The van der Waals surface area contributed by atoms with Gasteiger partial charge >= 0.3 is 5.97 Å². The van der Waals surface area contributed by atoms with E-state index in [2.05, 4.69) is 5.32 Å². The lowest BCUT2D eigenvalue weighted by Crippen LogP contribution is -2.12. The van der Waals surface area contributed by atoms with E-state index in [4.69, 9.17) is 21.4 Å². The summed E-state index contributed by atoms with van der Waals surface area (Å²) in [4.78, 5) is 10.3. The van der Waals surface area contributed by atoms with Crippen LogP contribution >= 0.6 is 11.6 Å². The Labute approximate surface area is 86.4 Å². The Morgan fingerprint density at radius 1 is 1.64 bits per heavy atom. The SMILES string of the molecule is COc1cc(Cl)ccc1NCC(=O)O. The average molecular weight is 216 g/mol. The van der Waals surface area contributed by atoms with E-state index in [1.54, 1.807) is 18.2 Å². The predicted molar refractivity (Wildman–Crippen MR) is 54.1 cm³/mol. The number of halogens is 1. The molecule has 5 heteroatoms. The van der Waals surface area contributed by atoms with Crippen LogP contribution in [0.4, 0.5) is 5.69 Å². The molecular weight excluding hydrogens is 206 g/mol. The number of nitrogens with one attached hydrogen (secondary N) is 1. The number of methoxy groups -OCH3 is 1. The van der Waals surface area contributed by atoms with Gasteiger partial charge in [-0.1, -0.05) is 11.6 Å². The highest BCUT2D eigenvalue weighted by Gasteiger charge is 2.04. The lowest BCUT2D eigenvalue weighted by molar-refractivity contribution is -0.134. The molecule has 1 rings (SSSR count). The number of aliphatic carboxylic acids is 1. The topological polar surface area (TPSA) is 58.6 Å². The van der Waals surface area contributed by atoms with Crippen molar-refractivity contribution in [2.45, 2.75) is 0 Å². The normalized spacial score (nSPS) is 9.57. The van der Waals surface area contributed by atoms with Gasteiger partial charge in [0.25, 0.3) is 0 Å². The van der Waals surface area contributed by atoms with Gasteiger partial charge in [-0.25, -0.2) is 0 Å². The number of hydrogen-bond acceptors (Lipinski definition) is 3. The van der Waals surface area contributed by atoms with Gasteiger partial charge in [0.05, 0.1) is 12.8 Å². The fourth-order valence-electron chi connectivity index (χ4n) is 0.982. The maximum Gasteiger partial charge on any atom is 0.322 e. The first-order chi connectivity index (χ1) is 6.63. The Morgan fingerprint density at radius 2 is 2.36 bits per heavy atom. The largest absolute Gasteiger partial charge is 0.495 e. The Balaban J connectivity index is 2.80. The molecule has 4 nitrogen and oxygen atoms in total. The Morgan fingerprint density at radius 3 is 2.93 bits per heavy atom. The van der Waals surface area contributed by atoms with Gasteiger partial charge in [0.2, 0.25) is 0 Å². The van der Waals surface area contributed by atoms with Crippen molar-refractivity contribution in [2.75, 3.05) is 19.0 Å². The number of ether oxygens (including phenoxy) is 1. The Hall–Kier alpha value is -1.42. The molecule has 0 unspecified atom stereocenters. The maximum atomic E-state index is 10.3. The van der Waals surface area contributed by atoms with Crippen molar-refractivity contribution in [1.82, 2.24) is 0 Å². The average Bonchev–Trinajstić information content (AvgIpc) is 2.15. The van der Waals surface area contributed by atoms with E-state index in [1.807, 2.05) is 0 Å². The van der Waals surface area contributed by atoms with E-state index in [9.17, 15) is 4.79 Å². The van der Waals surface area contributed by atoms with Gasteiger partial charge in [0, 0.05) is 11.1 Å². The highest BCUT2D eigenvalue weighted by molar-refractivity contribution is 6.30. The zero-order chi connectivity index (χ0) is 10.6. The predicted octanol–water partition coefficient (Wildman–Crippen LogP) is 1.85. The summed E-state index contributed by atoms with van der Waals surface area (Å²) in [6, 6.07) is 4.95. The second-order valence-corrected chi connectivity index (χ2v) is 3.03. The first-order valence-corrected chi connectivity index (χ1v) is 4.30. The second-order valence-electron chi connectivity index (χ2n) is 2.59. The third-order valence-electron chi connectivity index (χ3n) is 1.59. The smallest absolute Gasteiger partial charge is 0.322 e. The molecule has 0 aromatic heterocycles. The summed E-state index contributed by atoms with van der Waals surface area (Å²) in [7, 11) is 1.50. The summed E-state index contributed by atoms with van der Waals surface area (Å²) in [6.45, 7) is -0.155. The minimum Gasteiger partial charge on any atom is -0.495 e. The molecule has 1 aromatic carbocycles. The van der Waals surface area contributed by atoms with Gasteiger partial charge < -0.3 is 15.2 Å². The first-order valence-electron chi connectivity index (χ1n) is 3.92. The van der Waals surface area contributed by atoms with Gasteiger partial charge in [0.15, 0.2) is 0 Å². The van der Waals surface area contributed by atoms with Gasteiger partial charge in [-0.3, -0.25) is 4.79 Å². The minimum atomic E-state index is -0.929. The highest BCUT2D eigenvalue weighted by Crippen LogP contribution is 2.27. The standard InChI is InChI=1S/C9H10ClNO3/c1-14-8-4-6(10)2-3-7(8)11-5-9(12)13/h2-4,11H,5H2,1H3,(H,12,13). The van der Waals surface area contributed by atoms with Crippen molar-refractivity contribution in [1.29, 1.82) is 0 Å². The molecule has 0 aliphatic heterocycles. The van der Waals surface area contributed by atoms with Crippen LogP contribution in [0.3, 0.4) is 0 Å². The van der Waals surface area contributed by atoms with E-state index in [1.165, 1.54) is 7.11 Å². The molecule has 76 valence electrons. The molecule has 0 aliphatic rings. The highest BCUT2D eigenvalue weighted by atomic mass is 35.5. The summed E-state index contributed by atoms with van der Waals surface area (Å²) in [5.41, 5.74) is 0.610. The zero-order valence-electron chi connectivity index (χ0n) is 7.58. The van der Waals surface area contributed by atoms with E-state index in [-0.39, 0.29) is 6.54 Å². The third kappa shape index (κ3) is 2.81. The maximum absolute atomic E-state index is 10.3. The molecule has 0 heterocycles. The monoisotopic (exact) mass is 215 g/mol. The van der Waals surface area contributed by atoms with Crippen LogP contribution in [-0.4, -0.2) is 24.7 Å². The van der Waals surface area contributed by atoms with Gasteiger partial charge in [-0.2, -0.15) is 0 Å². The molecule has 0 aliphatic carbocycles. The van der Waals surface area contributed by atoms with E-state index < -0.39 is 5.97 Å². The lowest BCUT2D eigenvalue weighted by atomic mass is 10.3. The molecule has 0 fully saturated rings. The van der Waals surface area contributed by atoms with Crippen molar-refractivity contribution >= 4 is 23.3 Å². The summed E-state index contributed by atoms with van der Waals surface area (Å²) in [5, 5.41) is 11.7. The quantitative estimate of drug-likeness (QED) is 0.805. The summed E-state index contributed by atoms with van der Waals surface area (Å²) >= 11 is 5.73. The number of hydrogen-bond donors (Lipinski definition) is 2. The molecule has 0 radical (unpaired) electrons. The molecule has 0 amide bonds.